The van der Waals surface area contributed by atoms with Crippen LogP contribution in [-0.4, -0.2) is 24.2 Å². The monoisotopic (exact) mass is 354 g/mol. The van der Waals surface area contributed by atoms with E-state index in [4.69, 9.17) is 17.0 Å². The summed E-state index contributed by atoms with van der Waals surface area (Å²) in [5.74, 6) is -0.231. The zero-order chi connectivity index (χ0) is 16.7. The highest BCUT2D eigenvalue weighted by atomic mass is 32.1. The molecule has 0 amide bonds. The number of fused-ring (bicyclic) bond motifs is 1. The summed E-state index contributed by atoms with van der Waals surface area (Å²) in [5, 5.41) is 7.84. The van der Waals surface area contributed by atoms with E-state index < -0.39 is 0 Å². The highest BCUT2D eigenvalue weighted by Crippen LogP contribution is 2.37. The number of nitrogens with one attached hydrogen (secondary N) is 2. The molecule has 6 heteroatoms. The Morgan fingerprint density at radius 2 is 2.04 bits per heavy atom. The normalized spacial score (nSPS) is 13.8. The van der Waals surface area contributed by atoms with Crippen LogP contribution in [0.5, 0.6) is 0 Å². The quantitative estimate of drug-likeness (QED) is 0.346. The van der Waals surface area contributed by atoms with E-state index in [1.54, 1.807) is 11.3 Å². The van der Waals surface area contributed by atoms with E-state index in [1.165, 1.54) is 23.3 Å². The average molecular weight is 355 g/mol. The minimum absolute atomic E-state index is 0.231. The maximum Gasteiger partial charge on any atom is 0.341 e. The summed E-state index contributed by atoms with van der Waals surface area (Å²) in [4.78, 5) is 13.7. The van der Waals surface area contributed by atoms with Crippen LogP contribution < -0.4 is 10.6 Å². The highest BCUT2D eigenvalue weighted by Gasteiger charge is 2.26. The minimum atomic E-state index is -0.231. The third kappa shape index (κ3) is 4.91. The van der Waals surface area contributed by atoms with Crippen molar-refractivity contribution in [3.8, 4) is 0 Å². The van der Waals surface area contributed by atoms with E-state index >= 15 is 0 Å². The molecular formula is C17H26N2O2S2. The third-order valence-corrected chi connectivity index (χ3v) is 5.40. The summed E-state index contributed by atoms with van der Waals surface area (Å²) >= 11 is 7.02. The van der Waals surface area contributed by atoms with Crippen molar-refractivity contribution in [3.63, 3.8) is 0 Å². The zero-order valence-corrected chi connectivity index (χ0v) is 15.6. The summed E-state index contributed by atoms with van der Waals surface area (Å²) in [7, 11) is 0. The Hall–Kier alpha value is -1.14. The average Bonchev–Trinajstić information content (AvgIpc) is 2.69. The van der Waals surface area contributed by atoms with Gasteiger partial charge in [-0.15, -0.1) is 11.3 Å². The van der Waals surface area contributed by atoms with E-state index in [1.807, 2.05) is 6.92 Å². The van der Waals surface area contributed by atoms with E-state index in [9.17, 15) is 4.79 Å². The maximum atomic E-state index is 12.4. The molecule has 2 rings (SSSR count). The fraction of sp³-hybridized carbons (Fsp3) is 0.647. The number of anilines is 1. The molecule has 0 radical (unpaired) electrons. The SMILES string of the molecule is CCCCNC(=S)Nc1sc2c(c1C(=O)OCC)CCCCC2. The molecule has 1 aliphatic rings. The number of thiophene rings is 1. The van der Waals surface area contributed by atoms with Gasteiger partial charge < -0.3 is 15.4 Å². The van der Waals surface area contributed by atoms with Gasteiger partial charge in [-0.2, -0.15) is 0 Å². The Bertz CT molecular complexity index is 555. The molecule has 0 aliphatic heterocycles. The van der Waals surface area contributed by atoms with Crippen molar-refractivity contribution in [2.24, 2.45) is 0 Å². The van der Waals surface area contributed by atoms with Crippen molar-refractivity contribution in [1.82, 2.24) is 5.32 Å². The number of hydrogen-bond donors (Lipinski definition) is 2. The molecule has 0 saturated heterocycles. The molecule has 2 N–H and O–H groups in total. The molecule has 0 unspecified atom stereocenters. The second-order valence-corrected chi connectivity index (χ2v) is 7.24. The van der Waals surface area contributed by atoms with Crippen LogP contribution in [-0.2, 0) is 17.6 Å². The van der Waals surface area contributed by atoms with Gasteiger partial charge in [-0.25, -0.2) is 4.79 Å². The molecule has 1 heterocycles. The number of thiocarbonyl (C=S) groups is 1. The lowest BCUT2D eigenvalue weighted by molar-refractivity contribution is 0.0527. The molecule has 0 saturated carbocycles. The van der Waals surface area contributed by atoms with Crippen LogP contribution in [0.4, 0.5) is 5.00 Å². The molecule has 0 aromatic carbocycles. The molecule has 1 aliphatic carbocycles. The van der Waals surface area contributed by atoms with Gasteiger partial charge in [0.2, 0.25) is 0 Å². The Morgan fingerprint density at radius 1 is 1.26 bits per heavy atom. The molecular weight excluding hydrogens is 328 g/mol. The number of esters is 1. The minimum Gasteiger partial charge on any atom is -0.462 e. The fourth-order valence-corrected chi connectivity index (χ4v) is 4.33. The van der Waals surface area contributed by atoms with E-state index in [-0.39, 0.29) is 5.97 Å². The molecule has 0 spiro atoms. The predicted molar refractivity (Wildman–Crippen MR) is 101 cm³/mol. The van der Waals surface area contributed by atoms with Crippen LogP contribution >= 0.6 is 23.6 Å². The van der Waals surface area contributed by atoms with Gasteiger partial charge in [0.05, 0.1) is 12.2 Å². The first kappa shape index (κ1) is 18.2. The molecule has 1 aromatic heterocycles. The van der Waals surface area contributed by atoms with Gasteiger partial charge in [0, 0.05) is 11.4 Å². The fourth-order valence-electron chi connectivity index (χ4n) is 2.78. The lowest BCUT2D eigenvalue weighted by Crippen LogP contribution is -2.29. The van der Waals surface area contributed by atoms with Crippen LogP contribution in [0, 0.1) is 0 Å². The topological polar surface area (TPSA) is 50.4 Å². The lowest BCUT2D eigenvalue weighted by Gasteiger charge is -2.11. The standard InChI is InChI=1S/C17H26N2O2S2/c1-3-5-11-18-17(22)19-15-14(16(20)21-4-2)12-9-7-6-8-10-13(12)23-15/h3-11H2,1-2H3,(H2,18,19,22). The van der Waals surface area contributed by atoms with E-state index in [0.717, 1.165) is 43.6 Å². The van der Waals surface area contributed by atoms with Gasteiger partial charge in [-0.3, -0.25) is 0 Å². The first-order valence-electron chi connectivity index (χ1n) is 8.53. The van der Waals surface area contributed by atoms with Gasteiger partial charge in [0.25, 0.3) is 0 Å². The number of ether oxygens (including phenoxy) is 1. The molecule has 23 heavy (non-hydrogen) atoms. The molecule has 0 atom stereocenters. The lowest BCUT2D eigenvalue weighted by atomic mass is 10.1. The number of unbranched alkanes of at least 4 members (excludes halogenated alkanes) is 1. The summed E-state index contributed by atoms with van der Waals surface area (Å²) in [6.45, 7) is 5.23. The number of rotatable bonds is 6. The van der Waals surface area contributed by atoms with Crippen LogP contribution in [0.3, 0.4) is 0 Å². The second kappa shape index (κ2) is 9.23. The van der Waals surface area contributed by atoms with Crippen LogP contribution in [0.15, 0.2) is 0 Å². The van der Waals surface area contributed by atoms with Gasteiger partial charge in [0.15, 0.2) is 5.11 Å². The van der Waals surface area contributed by atoms with Gasteiger partial charge in [0.1, 0.15) is 5.00 Å². The Labute approximate surface area is 148 Å². The number of carbonyl (C=O) groups is 1. The van der Waals surface area contributed by atoms with Crippen molar-refractivity contribution in [3.05, 3.63) is 16.0 Å². The first-order valence-corrected chi connectivity index (χ1v) is 9.76. The summed E-state index contributed by atoms with van der Waals surface area (Å²) < 4.78 is 5.28. The van der Waals surface area contributed by atoms with Crippen molar-refractivity contribution in [2.45, 2.75) is 58.8 Å². The zero-order valence-electron chi connectivity index (χ0n) is 14.0. The van der Waals surface area contributed by atoms with Gasteiger partial charge >= 0.3 is 5.97 Å². The largest absolute Gasteiger partial charge is 0.462 e. The molecule has 4 nitrogen and oxygen atoms in total. The smallest absolute Gasteiger partial charge is 0.341 e. The molecule has 0 fully saturated rings. The van der Waals surface area contributed by atoms with Crippen molar-refractivity contribution >= 4 is 39.6 Å². The van der Waals surface area contributed by atoms with Crippen LogP contribution in [0.1, 0.15) is 66.8 Å². The van der Waals surface area contributed by atoms with Crippen LogP contribution in [0.25, 0.3) is 0 Å². The third-order valence-electron chi connectivity index (χ3n) is 3.94. The predicted octanol–water partition coefficient (Wildman–Crippen LogP) is 4.28. The van der Waals surface area contributed by atoms with Crippen molar-refractivity contribution in [1.29, 1.82) is 0 Å². The molecule has 128 valence electrons. The van der Waals surface area contributed by atoms with Crippen molar-refractivity contribution in [2.75, 3.05) is 18.5 Å². The van der Waals surface area contributed by atoms with Gasteiger partial charge in [-0.05, 0) is 56.8 Å². The summed E-state index contributed by atoms with van der Waals surface area (Å²) in [5.41, 5.74) is 1.87. The van der Waals surface area contributed by atoms with Crippen LogP contribution in [0.2, 0.25) is 0 Å². The number of hydrogen-bond acceptors (Lipinski definition) is 4. The van der Waals surface area contributed by atoms with E-state index in [2.05, 4.69) is 17.6 Å². The highest BCUT2D eigenvalue weighted by molar-refractivity contribution is 7.80. The number of carbonyl (C=O) groups excluding carboxylic acids is 1. The van der Waals surface area contributed by atoms with Crippen molar-refractivity contribution < 1.29 is 9.53 Å². The Balaban J connectivity index is 2.20. The first-order chi connectivity index (χ1) is 11.2. The van der Waals surface area contributed by atoms with Gasteiger partial charge in [-0.1, -0.05) is 19.8 Å². The summed E-state index contributed by atoms with van der Waals surface area (Å²) in [6, 6.07) is 0. The van der Waals surface area contributed by atoms with E-state index in [0.29, 0.717) is 17.3 Å². The maximum absolute atomic E-state index is 12.4. The molecule has 1 aromatic rings. The summed E-state index contributed by atoms with van der Waals surface area (Å²) in [6.07, 6.45) is 7.75. The Morgan fingerprint density at radius 3 is 2.78 bits per heavy atom. The number of aryl methyl sites for hydroxylation is 1. The Kier molecular flexibility index (Phi) is 7.30. The second-order valence-electron chi connectivity index (χ2n) is 5.72. The molecule has 0 bridgehead atoms.